The first kappa shape index (κ1) is 12.3. The largest absolute Gasteiger partial charge is 0.475 e. The molecule has 0 unspecified atom stereocenters. The zero-order valence-corrected chi connectivity index (χ0v) is 10.5. The first-order valence-electron chi connectivity index (χ1n) is 5.71. The van der Waals surface area contributed by atoms with Gasteiger partial charge >= 0.3 is 0 Å². The molecule has 0 aliphatic heterocycles. The second-order valence-electron chi connectivity index (χ2n) is 4.92. The third-order valence-corrected chi connectivity index (χ3v) is 2.39. The molecule has 1 aromatic heterocycles. The quantitative estimate of drug-likeness (QED) is 0.894. The molecule has 0 spiro atoms. The van der Waals surface area contributed by atoms with Crippen molar-refractivity contribution in [1.82, 2.24) is 4.98 Å². The van der Waals surface area contributed by atoms with Crippen LogP contribution in [0.15, 0.2) is 30.3 Å². The second-order valence-corrected chi connectivity index (χ2v) is 4.92. The van der Waals surface area contributed by atoms with E-state index < -0.39 is 5.54 Å². The molecule has 0 bridgehead atoms. The number of para-hydroxylation sites is 1. The third kappa shape index (κ3) is 2.76. The van der Waals surface area contributed by atoms with Gasteiger partial charge in [-0.05, 0) is 26.0 Å². The lowest BCUT2D eigenvalue weighted by molar-refractivity contribution is 0.235. The fraction of sp³-hybridized carbons (Fsp3) is 0.286. The van der Waals surface area contributed by atoms with Gasteiger partial charge in [-0.3, -0.25) is 0 Å². The van der Waals surface area contributed by atoms with Crippen molar-refractivity contribution in [3.63, 3.8) is 0 Å². The SMILES string of the molecule is CC(C)(N)COc1nc2ccccc2cc1C#N. The molecule has 1 aromatic carbocycles. The fourth-order valence-corrected chi connectivity index (χ4v) is 1.54. The highest BCUT2D eigenvalue weighted by atomic mass is 16.5. The van der Waals surface area contributed by atoms with Crippen LogP contribution in [0.2, 0.25) is 0 Å². The second kappa shape index (κ2) is 4.63. The highest BCUT2D eigenvalue weighted by molar-refractivity contribution is 5.80. The first-order valence-corrected chi connectivity index (χ1v) is 5.71. The predicted octanol–water partition coefficient (Wildman–Crippen LogP) is 2.22. The van der Waals surface area contributed by atoms with E-state index in [1.54, 1.807) is 6.07 Å². The van der Waals surface area contributed by atoms with E-state index >= 15 is 0 Å². The molecule has 92 valence electrons. The maximum atomic E-state index is 9.11. The molecular weight excluding hydrogens is 226 g/mol. The van der Waals surface area contributed by atoms with Crippen LogP contribution < -0.4 is 10.5 Å². The minimum absolute atomic E-state index is 0.313. The van der Waals surface area contributed by atoms with E-state index in [0.29, 0.717) is 18.1 Å². The van der Waals surface area contributed by atoms with Crippen molar-refractivity contribution >= 4 is 10.9 Å². The minimum Gasteiger partial charge on any atom is -0.475 e. The molecule has 0 fully saturated rings. The van der Waals surface area contributed by atoms with Crippen LogP contribution in [0.4, 0.5) is 0 Å². The Morgan fingerprint density at radius 2 is 2.11 bits per heavy atom. The van der Waals surface area contributed by atoms with E-state index in [4.69, 9.17) is 15.7 Å². The number of pyridine rings is 1. The lowest BCUT2D eigenvalue weighted by Crippen LogP contribution is -2.38. The Kier molecular flexibility index (Phi) is 3.17. The molecule has 0 amide bonds. The van der Waals surface area contributed by atoms with Crippen molar-refractivity contribution in [2.24, 2.45) is 5.73 Å². The van der Waals surface area contributed by atoms with Gasteiger partial charge in [0.2, 0.25) is 5.88 Å². The van der Waals surface area contributed by atoms with Gasteiger partial charge in [0.05, 0.1) is 5.52 Å². The molecular formula is C14H15N3O. The molecule has 4 heteroatoms. The molecule has 2 rings (SSSR count). The number of hydrogen-bond donors (Lipinski definition) is 1. The van der Waals surface area contributed by atoms with Gasteiger partial charge in [0, 0.05) is 10.9 Å². The Morgan fingerprint density at radius 1 is 1.39 bits per heavy atom. The van der Waals surface area contributed by atoms with E-state index in [1.807, 2.05) is 38.1 Å². The number of fused-ring (bicyclic) bond motifs is 1. The highest BCUT2D eigenvalue weighted by Gasteiger charge is 2.14. The lowest BCUT2D eigenvalue weighted by Gasteiger charge is -2.19. The summed E-state index contributed by atoms with van der Waals surface area (Å²) in [6.07, 6.45) is 0. The smallest absolute Gasteiger partial charge is 0.232 e. The zero-order valence-electron chi connectivity index (χ0n) is 10.5. The minimum atomic E-state index is -0.458. The average Bonchev–Trinajstić information content (AvgIpc) is 2.34. The van der Waals surface area contributed by atoms with Gasteiger partial charge in [-0.25, -0.2) is 4.98 Å². The predicted molar refractivity (Wildman–Crippen MR) is 70.2 cm³/mol. The molecule has 1 heterocycles. The summed E-state index contributed by atoms with van der Waals surface area (Å²) in [5, 5.41) is 10.0. The normalized spacial score (nSPS) is 11.2. The van der Waals surface area contributed by atoms with Crippen LogP contribution in [0.5, 0.6) is 5.88 Å². The summed E-state index contributed by atoms with van der Waals surface area (Å²) in [6.45, 7) is 4.03. The molecule has 0 saturated heterocycles. The molecule has 0 atom stereocenters. The summed E-state index contributed by atoms with van der Waals surface area (Å²) in [4.78, 5) is 4.35. The van der Waals surface area contributed by atoms with Crippen molar-refractivity contribution in [3.05, 3.63) is 35.9 Å². The maximum Gasteiger partial charge on any atom is 0.232 e. The molecule has 0 radical (unpaired) electrons. The van der Waals surface area contributed by atoms with E-state index in [1.165, 1.54) is 0 Å². The van der Waals surface area contributed by atoms with Gasteiger partial charge in [-0.1, -0.05) is 18.2 Å². The van der Waals surface area contributed by atoms with Gasteiger partial charge in [-0.15, -0.1) is 0 Å². The van der Waals surface area contributed by atoms with Crippen molar-refractivity contribution in [3.8, 4) is 11.9 Å². The Morgan fingerprint density at radius 3 is 2.78 bits per heavy atom. The molecule has 0 saturated carbocycles. The number of benzene rings is 1. The van der Waals surface area contributed by atoms with Gasteiger partial charge in [0.1, 0.15) is 18.2 Å². The van der Waals surface area contributed by atoms with E-state index in [9.17, 15) is 0 Å². The average molecular weight is 241 g/mol. The van der Waals surface area contributed by atoms with Crippen LogP contribution in [0, 0.1) is 11.3 Å². The number of aromatic nitrogens is 1. The van der Waals surface area contributed by atoms with Gasteiger partial charge < -0.3 is 10.5 Å². The number of rotatable bonds is 3. The standard InChI is InChI=1S/C14H15N3O/c1-14(2,16)9-18-13-11(8-15)7-10-5-3-4-6-12(10)17-13/h3-7H,9,16H2,1-2H3. The highest BCUT2D eigenvalue weighted by Crippen LogP contribution is 2.22. The summed E-state index contributed by atoms with van der Waals surface area (Å²) in [5.74, 6) is 0.342. The van der Waals surface area contributed by atoms with Crippen LogP contribution in [0.3, 0.4) is 0 Å². The molecule has 0 aliphatic rings. The molecule has 0 aliphatic carbocycles. The van der Waals surface area contributed by atoms with Gasteiger partial charge in [-0.2, -0.15) is 5.26 Å². The summed E-state index contributed by atoms with van der Waals surface area (Å²) >= 11 is 0. The Bertz CT molecular complexity index is 608. The number of nitriles is 1. The lowest BCUT2D eigenvalue weighted by atomic mass is 10.1. The number of hydrogen-bond acceptors (Lipinski definition) is 4. The van der Waals surface area contributed by atoms with Crippen molar-refractivity contribution in [2.75, 3.05) is 6.61 Å². The van der Waals surface area contributed by atoms with Crippen LogP contribution in [-0.2, 0) is 0 Å². The fourth-order valence-electron chi connectivity index (χ4n) is 1.54. The third-order valence-electron chi connectivity index (χ3n) is 2.39. The van der Waals surface area contributed by atoms with Gasteiger partial charge in [0.25, 0.3) is 0 Å². The number of nitrogens with two attached hydrogens (primary N) is 1. The maximum absolute atomic E-state index is 9.11. The first-order chi connectivity index (χ1) is 8.49. The monoisotopic (exact) mass is 241 g/mol. The Labute approximate surface area is 106 Å². The molecule has 4 nitrogen and oxygen atoms in total. The van der Waals surface area contributed by atoms with Crippen LogP contribution >= 0.6 is 0 Å². The van der Waals surface area contributed by atoms with E-state index in [2.05, 4.69) is 11.1 Å². The topological polar surface area (TPSA) is 71.9 Å². The van der Waals surface area contributed by atoms with Crippen LogP contribution in [0.1, 0.15) is 19.4 Å². The van der Waals surface area contributed by atoms with Gasteiger partial charge in [0.15, 0.2) is 0 Å². The zero-order chi connectivity index (χ0) is 13.2. The van der Waals surface area contributed by atoms with Crippen molar-refractivity contribution in [2.45, 2.75) is 19.4 Å². The van der Waals surface area contributed by atoms with Crippen molar-refractivity contribution < 1.29 is 4.74 Å². The number of nitrogens with zero attached hydrogens (tertiary/aromatic N) is 2. The summed E-state index contributed by atoms with van der Waals surface area (Å²) in [6, 6.07) is 11.5. The molecule has 18 heavy (non-hydrogen) atoms. The van der Waals surface area contributed by atoms with E-state index in [0.717, 1.165) is 10.9 Å². The Balaban J connectivity index is 2.40. The summed E-state index contributed by atoms with van der Waals surface area (Å²) in [7, 11) is 0. The van der Waals surface area contributed by atoms with E-state index in [-0.39, 0.29) is 0 Å². The summed E-state index contributed by atoms with van der Waals surface area (Å²) < 4.78 is 5.54. The molecule has 2 aromatic rings. The molecule has 2 N–H and O–H groups in total. The van der Waals surface area contributed by atoms with Crippen LogP contribution in [0.25, 0.3) is 10.9 Å². The number of ether oxygens (including phenoxy) is 1. The van der Waals surface area contributed by atoms with Crippen LogP contribution in [-0.4, -0.2) is 17.1 Å². The Hall–Kier alpha value is -2.12. The summed E-state index contributed by atoms with van der Waals surface area (Å²) in [5.41, 5.74) is 6.63. The van der Waals surface area contributed by atoms with Crippen molar-refractivity contribution in [1.29, 1.82) is 5.26 Å².